The Morgan fingerprint density at radius 2 is 2.50 bits per heavy atom. The van der Waals surface area contributed by atoms with Crippen LogP contribution in [0.15, 0.2) is 5.38 Å². The van der Waals surface area contributed by atoms with E-state index in [-0.39, 0.29) is 6.04 Å². The van der Waals surface area contributed by atoms with Crippen molar-refractivity contribution in [3.8, 4) is 0 Å². The quantitative estimate of drug-likeness (QED) is 0.701. The second kappa shape index (κ2) is 3.12. The number of hydrogen-bond donors (Lipinski definition) is 1. The molecule has 1 heterocycles. The van der Waals surface area contributed by atoms with Gasteiger partial charge in [0.15, 0.2) is 0 Å². The van der Waals surface area contributed by atoms with E-state index in [4.69, 9.17) is 5.73 Å². The molecule has 1 rings (SSSR count). The molecule has 0 saturated carbocycles. The van der Waals surface area contributed by atoms with Gasteiger partial charge in [0.2, 0.25) is 0 Å². The number of nitrogens with two attached hydrogens (primary N) is 1. The topological polar surface area (TPSA) is 38.9 Å². The lowest BCUT2D eigenvalue weighted by atomic mass is 10.2. The van der Waals surface area contributed by atoms with E-state index in [1.807, 2.05) is 13.8 Å². The van der Waals surface area contributed by atoms with Crippen LogP contribution in [0.25, 0.3) is 0 Å². The number of hydrogen-bond acceptors (Lipinski definition) is 3. The number of thiazole rings is 1. The van der Waals surface area contributed by atoms with Crippen molar-refractivity contribution < 1.29 is 0 Å². The van der Waals surface area contributed by atoms with Crippen LogP contribution in [0.3, 0.4) is 0 Å². The van der Waals surface area contributed by atoms with Gasteiger partial charge in [-0.3, -0.25) is 0 Å². The van der Waals surface area contributed by atoms with Crippen molar-refractivity contribution in [3.63, 3.8) is 0 Å². The smallest absolute Gasteiger partial charge is 0.0897 e. The Kier molecular flexibility index (Phi) is 2.40. The number of aryl methyl sites for hydroxylation is 1. The first-order valence-electron chi connectivity index (χ1n) is 3.35. The van der Waals surface area contributed by atoms with Crippen LogP contribution in [-0.4, -0.2) is 11.0 Å². The molecular formula is C7H12N2S. The number of aromatic nitrogens is 1. The Balaban J connectivity index is 2.58. The maximum absolute atomic E-state index is 5.60. The van der Waals surface area contributed by atoms with E-state index in [1.54, 1.807) is 11.3 Å². The lowest BCUT2D eigenvalue weighted by Crippen LogP contribution is -2.17. The highest BCUT2D eigenvalue weighted by molar-refractivity contribution is 7.09. The average Bonchev–Trinajstić information content (AvgIpc) is 2.13. The summed E-state index contributed by atoms with van der Waals surface area (Å²) in [6.45, 7) is 4.00. The summed E-state index contributed by atoms with van der Waals surface area (Å²) < 4.78 is 0. The fourth-order valence-electron chi connectivity index (χ4n) is 0.832. The minimum atomic E-state index is 0.224. The van der Waals surface area contributed by atoms with E-state index >= 15 is 0 Å². The van der Waals surface area contributed by atoms with Crippen LogP contribution in [-0.2, 0) is 6.42 Å². The van der Waals surface area contributed by atoms with Gasteiger partial charge < -0.3 is 5.73 Å². The maximum Gasteiger partial charge on any atom is 0.0897 e. The Morgan fingerprint density at radius 3 is 2.90 bits per heavy atom. The van der Waals surface area contributed by atoms with Gasteiger partial charge >= 0.3 is 0 Å². The minimum absolute atomic E-state index is 0.224. The van der Waals surface area contributed by atoms with Crippen LogP contribution in [0.1, 0.15) is 17.6 Å². The van der Waals surface area contributed by atoms with Gasteiger partial charge in [-0.15, -0.1) is 11.3 Å². The molecular weight excluding hydrogens is 144 g/mol. The van der Waals surface area contributed by atoms with Gasteiger partial charge in [0.25, 0.3) is 0 Å². The van der Waals surface area contributed by atoms with Crippen LogP contribution in [0, 0.1) is 6.92 Å². The standard InChI is InChI=1S/C7H12N2S/c1-5(8)3-7-4-10-6(2)9-7/h4-5H,3,8H2,1-2H3. The van der Waals surface area contributed by atoms with Gasteiger partial charge in [0.05, 0.1) is 10.7 Å². The summed E-state index contributed by atoms with van der Waals surface area (Å²) in [6, 6.07) is 0.224. The predicted molar refractivity (Wildman–Crippen MR) is 44.2 cm³/mol. The van der Waals surface area contributed by atoms with E-state index in [0.29, 0.717) is 0 Å². The minimum Gasteiger partial charge on any atom is -0.328 e. The average molecular weight is 156 g/mol. The van der Waals surface area contributed by atoms with Crippen molar-refractivity contribution in [3.05, 3.63) is 16.1 Å². The van der Waals surface area contributed by atoms with Crippen LogP contribution in [0.2, 0.25) is 0 Å². The molecule has 3 heteroatoms. The third-order valence-electron chi connectivity index (χ3n) is 1.20. The molecule has 0 saturated heterocycles. The van der Waals surface area contributed by atoms with Gasteiger partial charge in [-0.25, -0.2) is 4.98 Å². The van der Waals surface area contributed by atoms with Gasteiger partial charge in [-0.1, -0.05) is 0 Å². The molecule has 0 bridgehead atoms. The van der Waals surface area contributed by atoms with E-state index in [9.17, 15) is 0 Å². The molecule has 0 fully saturated rings. The third-order valence-corrected chi connectivity index (χ3v) is 2.02. The Labute approximate surface area is 65.1 Å². The Hall–Kier alpha value is -0.410. The Morgan fingerprint density at radius 1 is 1.80 bits per heavy atom. The van der Waals surface area contributed by atoms with E-state index < -0.39 is 0 Å². The second-order valence-electron chi connectivity index (χ2n) is 2.54. The molecule has 2 N–H and O–H groups in total. The van der Waals surface area contributed by atoms with E-state index in [2.05, 4.69) is 10.4 Å². The summed E-state index contributed by atoms with van der Waals surface area (Å²) in [5.74, 6) is 0. The molecule has 0 aliphatic carbocycles. The van der Waals surface area contributed by atoms with Crippen LogP contribution < -0.4 is 5.73 Å². The Bertz CT molecular complexity index is 205. The fraction of sp³-hybridized carbons (Fsp3) is 0.571. The van der Waals surface area contributed by atoms with Crippen molar-refractivity contribution in [2.24, 2.45) is 5.73 Å². The number of nitrogens with zero attached hydrogens (tertiary/aromatic N) is 1. The third kappa shape index (κ3) is 2.08. The van der Waals surface area contributed by atoms with E-state index in [1.165, 1.54) is 0 Å². The highest BCUT2D eigenvalue weighted by Crippen LogP contribution is 2.08. The van der Waals surface area contributed by atoms with Gasteiger partial charge in [-0.05, 0) is 13.8 Å². The van der Waals surface area contributed by atoms with Crippen LogP contribution >= 0.6 is 11.3 Å². The molecule has 0 aromatic carbocycles. The van der Waals surface area contributed by atoms with Gasteiger partial charge in [0.1, 0.15) is 0 Å². The number of rotatable bonds is 2. The maximum atomic E-state index is 5.60. The molecule has 1 aromatic heterocycles. The monoisotopic (exact) mass is 156 g/mol. The zero-order valence-corrected chi connectivity index (χ0v) is 7.11. The molecule has 1 unspecified atom stereocenters. The summed E-state index contributed by atoms with van der Waals surface area (Å²) in [7, 11) is 0. The summed E-state index contributed by atoms with van der Waals surface area (Å²) in [4.78, 5) is 4.29. The molecule has 10 heavy (non-hydrogen) atoms. The normalized spacial score (nSPS) is 13.5. The second-order valence-corrected chi connectivity index (χ2v) is 3.60. The van der Waals surface area contributed by atoms with Crippen LogP contribution in [0.4, 0.5) is 0 Å². The molecule has 0 spiro atoms. The molecule has 1 atom stereocenters. The molecule has 0 amide bonds. The highest BCUT2D eigenvalue weighted by Gasteiger charge is 2.00. The highest BCUT2D eigenvalue weighted by atomic mass is 32.1. The van der Waals surface area contributed by atoms with E-state index in [0.717, 1.165) is 17.1 Å². The molecule has 1 aromatic rings. The zero-order valence-electron chi connectivity index (χ0n) is 6.29. The SMILES string of the molecule is Cc1nc(CC(C)N)cs1. The van der Waals surface area contributed by atoms with Crippen molar-refractivity contribution in [2.45, 2.75) is 26.3 Å². The lowest BCUT2D eigenvalue weighted by molar-refractivity contribution is 0.724. The first kappa shape index (κ1) is 7.69. The molecule has 2 nitrogen and oxygen atoms in total. The molecule has 0 aliphatic rings. The molecule has 56 valence electrons. The van der Waals surface area contributed by atoms with Crippen molar-refractivity contribution in [2.75, 3.05) is 0 Å². The predicted octanol–water partition coefficient (Wildman–Crippen LogP) is 1.34. The lowest BCUT2D eigenvalue weighted by Gasteiger charge is -1.98. The largest absolute Gasteiger partial charge is 0.328 e. The van der Waals surface area contributed by atoms with Gasteiger partial charge in [-0.2, -0.15) is 0 Å². The summed E-state index contributed by atoms with van der Waals surface area (Å²) >= 11 is 1.68. The summed E-state index contributed by atoms with van der Waals surface area (Å²) in [5, 5.41) is 3.19. The van der Waals surface area contributed by atoms with Crippen molar-refractivity contribution >= 4 is 11.3 Å². The summed E-state index contributed by atoms with van der Waals surface area (Å²) in [5.41, 5.74) is 6.72. The van der Waals surface area contributed by atoms with Gasteiger partial charge in [0, 0.05) is 17.8 Å². The van der Waals surface area contributed by atoms with Crippen LogP contribution in [0.5, 0.6) is 0 Å². The molecule has 0 radical (unpaired) electrons. The first-order valence-corrected chi connectivity index (χ1v) is 4.23. The first-order chi connectivity index (χ1) is 4.68. The molecule has 0 aliphatic heterocycles. The van der Waals surface area contributed by atoms with Crippen molar-refractivity contribution in [1.82, 2.24) is 4.98 Å². The zero-order chi connectivity index (χ0) is 7.56. The fourth-order valence-corrected chi connectivity index (χ4v) is 1.46. The van der Waals surface area contributed by atoms with Crippen molar-refractivity contribution in [1.29, 1.82) is 0 Å². The summed E-state index contributed by atoms with van der Waals surface area (Å²) in [6.07, 6.45) is 0.893.